The van der Waals surface area contributed by atoms with Crippen LogP contribution in [0.2, 0.25) is 0 Å². The lowest BCUT2D eigenvalue weighted by atomic mass is 9.76. The number of carbonyl (C=O) groups is 2. The molecule has 0 aliphatic carbocycles. The molecule has 1 N–H and O–H groups in total. The van der Waals surface area contributed by atoms with Gasteiger partial charge < -0.3 is 15.0 Å². The van der Waals surface area contributed by atoms with Crippen molar-refractivity contribution < 1.29 is 14.3 Å². The number of likely N-dealkylation sites (tertiary alicyclic amines) is 1. The minimum atomic E-state index is -0.397. The lowest BCUT2D eigenvalue weighted by Gasteiger charge is -2.43. The first kappa shape index (κ1) is 16.3. The van der Waals surface area contributed by atoms with E-state index in [4.69, 9.17) is 4.74 Å². The Hall–Kier alpha value is -1.10. The van der Waals surface area contributed by atoms with Gasteiger partial charge in [0.2, 0.25) is 5.91 Å². The maximum absolute atomic E-state index is 12.9. The number of esters is 1. The van der Waals surface area contributed by atoms with Crippen LogP contribution in [0.3, 0.4) is 0 Å². The van der Waals surface area contributed by atoms with Gasteiger partial charge in [-0.25, -0.2) is 4.79 Å². The Balaban J connectivity index is 2.12. The summed E-state index contributed by atoms with van der Waals surface area (Å²) in [5.74, 6) is -0.184. The summed E-state index contributed by atoms with van der Waals surface area (Å²) >= 11 is 0. The smallest absolute Gasteiger partial charge is 0.328 e. The van der Waals surface area contributed by atoms with Gasteiger partial charge in [-0.3, -0.25) is 4.79 Å². The second-order valence-electron chi connectivity index (χ2n) is 6.77. The fourth-order valence-corrected chi connectivity index (χ4v) is 3.48. The summed E-state index contributed by atoms with van der Waals surface area (Å²) in [6.07, 6.45) is 4.80. The minimum Gasteiger partial charge on any atom is -0.464 e. The summed E-state index contributed by atoms with van der Waals surface area (Å²) in [6, 6.07) is -0.591. The maximum atomic E-state index is 12.9. The van der Waals surface area contributed by atoms with Crippen LogP contribution in [0.25, 0.3) is 0 Å². The van der Waals surface area contributed by atoms with Gasteiger partial charge in [0.15, 0.2) is 0 Å². The van der Waals surface area contributed by atoms with Crippen molar-refractivity contribution in [3.63, 3.8) is 0 Å². The van der Waals surface area contributed by atoms with Crippen molar-refractivity contribution in [1.82, 2.24) is 10.2 Å². The second-order valence-corrected chi connectivity index (χ2v) is 6.77. The summed E-state index contributed by atoms with van der Waals surface area (Å²) in [4.78, 5) is 26.8. The van der Waals surface area contributed by atoms with Crippen molar-refractivity contribution in [1.29, 1.82) is 0 Å². The van der Waals surface area contributed by atoms with Crippen LogP contribution in [-0.2, 0) is 14.3 Å². The zero-order valence-corrected chi connectivity index (χ0v) is 13.5. The molecule has 2 unspecified atom stereocenters. The first-order chi connectivity index (χ1) is 9.97. The molecule has 2 fully saturated rings. The molecule has 0 saturated carbocycles. The van der Waals surface area contributed by atoms with E-state index in [0.29, 0.717) is 13.2 Å². The van der Waals surface area contributed by atoms with E-state index < -0.39 is 6.04 Å². The van der Waals surface area contributed by atoms with Crippen molar-refractivity contribution in [3.05, 3.63) is 0 Å². The third-order valence-electron chi connectivity index (χ3n) is 4.72. The van der Waals surface area contributed by atoms with Gasteiger partial charge in [0, 0.05) is 6.54 Å². The number of hydrogen-bond acceptors (Lipinski definition) is 4. The Kier molecular flexibility index (Phi) is 5.25. The third-order valence-corrected chi connectivity index (χ3v) is 4.72. The predicted octanol–water partition coefficient (Wildman–Crippen LogP) is 1.71. The molecule has 2 heterocycles. The monoisotopic (exact) mass is 296 g/mol. The van der Waals surface area contributed by atoms with E-state index in [-0.39, 0.29) is 23.3 Å². The van der Waals surface area contributed by atoms with E-state index >= 15 is 0 Å². The fourth-order valence-electron chi connectivity index (χ4n) is 3.48. The molecule has 2 aliphatic rings. The van der Waals surface area contributed by atoms with E-state index in [1.165, 1.54) is 0 Å². The molecule has 1 amide bonds. The number of rotatable bonds is 3. The SMILES string of the molecule is CCOC(=O)C1CCCCN1C(=O)C1NCCCC1(C)C. The van der Waals surface area contributed by atoms with Crippen LogP contribution in [0, 0.1) is 5.41 Å². The van der Waals surface area contributed by atoms with Gasteiger partial charge in [0.25, 0.3) is 0 Å². The number of ether oxygens (including phenoxy) is 1. The molecular formula is C16H28N2O3. The van der Waals surface area contributed by atoms with Crippen LogP contribution in [0.15, 0.2) is 0 Å². The molecule has 21 heavy (non-hydrogen) atoms. The minimum absolute atomic E-state index is 0.0635. The highest BCUT2D eigenvalue weighted by Gasteiger charge is 2.43. The Morgan fingerprint density at radius 2 is 2.05 bits per heavy atom. The van der Waals surface area contributed by atoms with Crippen molar-refractivity contribution in [2.24, 2.45) is 5.41 Å². The summed E-state index contributed by atoms with van der Waals surface area (Å²) in [5, 5.41) is 3.35. The molecule has 0 aromatic heterocycles. The molecule has 2 saturated heterocycles. The number of hydrogen-bond donors (Lipinski definition) is 1. The molecule has 120 valence electrons. The molecule has 0 radical (unpaired) electrons. The van der Waals surface area contributed by atoms with Gasteiger partial charge in [-0.2, -0.15) is 0 Å². The highest BCUT2D eigenvalue weighted by Crippen LogP contribution is 2.32. The Bertz CT molecular complexity index is 395. The molecule has 2 atom stereocenters. The van der Waals surface area contributed by atoms with Gasteiger partial charge >= 0.3 is 5.97 Å². The summed E-state index contributed by atoms with van der Waals surface area (Å²) in [6.45, 7) is 7.97. The highest BCUT2D eigenvalue weighted by atomic mass is 16.5. The Morgan fingerprint density at radius 3 is 2.71 bits per heavy atom. The van der Waals surface area contributed by atoms with E-state index in [1.54, 1.807) is 11.8 Å². The summed E-state index contributed by atoms with van der Waals surface area (Å²) in [5.41, 5.74) is -0.0635. The second kappa shape index (κ2) is 6.77. The van der Waals surface area contributed by atoms with Gasteiger partial charge in [0.1, 0.15) is 6.04 Å². The Labute approximate surface area is 127 Å². The van der Waals surface area contributed by atoms with Crippen molar-refractivity contribution >= 4 is 11.9 Å². The van der Waals surface area contributed by atoms with E-state index in [9.17, 15) is 9.59 Å². The third kappa shape index (κ3) is 3.57. The average Bonchev–Trinajstić information content (AvgIpc) is 2.46. The normalized spacial score (nSPS) is 29.0. The van der Waals surface area contributed by atoms with Crippen LogP contribution in [0.5, 0.6) is 0 Å². The van der Waals surface area contributed by atoms with Crippen molar-refractivity contribution in [2.45, 2.75) is 65.0 Å². The van der Waals surface area contributed by atoms with Gasteiger partial charge in [0.05, 0.1) is 12.6 Å². The van der Waals surface area contributed by atoms with E-state index in [1.807, 2.05) is 0 Å². The van der Waals surface area contributed by atoms with Crippen LogP contribution in [-0.4, -0.2) is 48.6 Å². The average molecular weight is 296 g/mol. The molecule has 2 aliphatic heterocycles. The lowest BCUT2D eigenvalue weighted by Crippen LogP contribution is -2.60. The molecule has 0 spiro atoms. The van der Waals surface area contributed by atoms with Crippen LogP contribution in [0.1, 0.15) is 52.9 Å². The quantitative estimate of drug-likeness (QED) is 0.806. The Morgan fingerprint density at radius 1 is 1.29 bits per heavy atom. The standard InChI is InChI=1S/C16H28N2O3/c1-4-21-15(20)12-8-5-6-11-18(12)14(19)13-16(2,3)9-7-10-17-13/h12-13,17H,4-11H2,1-3H3. The van der Waals surface area contributed by atoms with Crippen LogP contribution in [0.4, 0.5) is 0 Å². The van der Waals surface area contributed by atoms with Crippen molar-refractivity contribution in [3.8, 4) is 0 Å². The maximum Gasteiger partial charge on any atom is 0.328 e. The zero-order valence-electron chi connectivity index (χ0n) is 13.5. The fraction of sp³-hybridized carbons (Fsp3) is 0.875. The predicted molar refractivity (Wildman–Crippen MR) is 80.8 cm³/mol. The topological polar surface area (TPSA) is 58.6 Å². The lowest BCUT2D eigenvalue weighted by molar-refractivity contribution is -0.158. The van der Waals surface area contributed by atoms with Crippen LogP contribution >= 0.6 is 0 Å². The van der Waals surface area contributed by atoms with Crippen molar-refractivity contribution in [2.75, 3.05) is 19.7 Å². The molecule has 2 rings (SSSR count). The molecule has 5 nitrogen and oxygen atoms in total. The molecule has 5 heteroatoms. The molecular weight excluding hydrogens is 268 g/mol. The number of amides is 1. The van der Waals surface area contributed by atoms with Crippen LogP contribution < -0.4 is 5.32 Å². The highest BCUT2D eigenvalue weighted by molar-refractivity contribution is 5.88. The van der Waals surface area contributed by atoms with Gasteiger partial charge in [-0.05, 0) is 51.0 Å². The zero-order chi connectivity index (χ0) is 15.5. The first-order valence-electron chi connectivity index (χ1n) is 8.18. The summed E-state index contributed by atoms with van der Waals surface area (Å²) in [7, 11) is 0. The number of carbonyl (C=O) groups excluding carboxylic acids is 2. The largest absolute Gasteiger partial charge is 0.464 e. The van der Waals surface area contributed by atoms with E-state index in [2.05, 4.69) is 19.2 Å². The van der Waals surface area contributed by atoms with E-state index in [0.717, 1.165) is 38.6 Å². The van der Waals surface area contributed by atoms with Gasteiger partial charge in [-0.15, -0.1) is 0 Å². The number of nitrogens with one attached hydrogen (secondary N) is 1. The molecule has 0 aromatic rings. The number of piperidine rings is 2. The summed E-state index contributed by atoms with van der Waals surface area (Å²) < 4.78 is 5.15. The molecule has 0 bridgehead atoms. The van der Waals surface area contributed by atoms with Gasteiger partial charge in [-0.1, -0.05) is 13.8 Å². The first-order valence-corrected chi connectivity index (χ1v) is 8.18. The molecule has 0 aromatic carbocycles. The number of nitrogens with zero attached hydrogens (tertiary/aromatic N) is 1.